The number of nitrogens with zero attached hydrogens (tertiary/aromatic N) is 1. The Labute approximate surface area is 128 Å². The number of nitrogens with two attached hydrogens (primary N) is 2. The lowest BCUT2D eigenvalue weighted by molar-refractivity contribution is 0.100. The van der Waals surface area contributed by atoms with E-state index in [0.717, 1.165) is 24.3 Å². The van der Waals surface area contributed by atoms with Crippen molar-refractivity contribution >= 4 is 28.9 Å². The molecule has 108 valence electrons. The minimum Gasteiger partial charge on any atom is -0.399 e. The van der Waals surface area contributed by atoms with E-state index in [2.05, 4.69) is 11.0 Å². The van der Waals surface area contributed by atoms with E-state index in [4.69, 9.17) is 23.1 Å². The molecule has 4 N–H and O–H groups in total. The molecule has 0 saturated heterocycles. The molecule has 5 heteroatoms. The molecule has 0 fully saturated rings. The lowest BCUT2D eigenvalue weighted by Crippen LogP contribution is -2.32. The number of nitrogen functional groups attached to an aromatic ring is 1. The van der Waals surface area contributed by atoms with Gasteiger partial charge in [0.05, 0.1) is 5.56 Å². The highest BCUT2D eigenvalue weighted by atomic mass is 35.5. The number of carbonyl (C=O) groups is 1. The van der Waals surface area contributed by atoms with Crippen LogP contribution in [0.1, 0.15) is 21.5 Å². The molecule has 1 heterocycles. The summed E-state index contributed by atoms with van der Waals surface area (Å²) in [5, 5.41) is 0.509. The van der Waals surface area contributed by atoms with Gasteiger partial charge in [0.25, 0.3) is 5.91 Å². The van der Waals surface area contributed by atoms with Gasteiger partial charge in [0.1, 0.15) is 0 Å². The number of hydrogen-bond donors (Lipinski definition) is 2. The number of anilines is 2. The molecule has 2 aromatic rings. The molecule has 0 spiro atoms. The summed E-state index contributed by atoms with van der Waals surface area (Å²) in [5.74, 6) is -0.467. The summed E-state index contributed by atoms with van der Waals surface area (Å²) in [6.07, 6.45) is 0.913. The molecule has 0 bridgehead atoms. The third kappa shape index (κ3) is 2.67. The lowest BCUT2D eigenvalue weighted by Gasteiger charge is -2.32. The maximum absolute atomic E-state index is 11.6. The fraction of sp³-hybridized carbons (Fsp3) is 0.188. The SMILES string of the molecule is NC(=O)c1cc(Cl)ccc1N1CCc2ccc(N)cc2C1. The summed E-state index contributed by atoms with van der Waals surface area (Å²) in [7, 11) is 0. The van der Waals surface area contributed by atoms with Crippen LogP contribution in [0.3, 0.4) is 0 Å². The molecule has 0 atom stereocenters. The fourth-order valence-electron chi connectivity index (χ4n) is 2.76. The highest BCUT2D eigenvalue weighted by Gasteiger charge is 2.20. The first-order chi connectivity index (χ1) is 10.0. The summed E-state index contributed by atoms with van der Waals surface area (Å²) >= 11 is 5.96. The molecule has 1 aliphatic heterocycles. The Morgan fingerprint density at radius 2 is 1.95 bits per heavy atom. The molecule has 1 aliphatic rings. The summed E-state index contributed by atoms with van der Waals surface area (Å²) in [5.41, 5.74) is 15.8. The number of benzene rings is 2. The molecular weight excluding hydrogens is 286 g/mol. The van der Waals surface area contributed by atoms with Crippen molar-refractivity contribution in [1.82, 2.24) is 0 Å². The van der Waals surface area contributed by atoms with Crippen LogP contribution in [-0.4, -0.2) is 12.5 Å². The van der Waals surface area contributed by atoms with Gasteiger partial charge < -0.3 is 16.4 Å². The Morgan fingerprint density at radius 1 is 1.14 bits per heavy atom. The number of primary amides is 1. The fourth-order valence-corrected chi connectivity index (χ4v) is 2.94. The van der Waals surface area contributed by atoms with Crippen molar-refractivity contribution < 1.29 is 4.79 Å². The predicted molar refractivity (Wildman–Crippen MR) is 85.6 cm³/mol. The van der Waals surface area contributed by atoms with Crippen LogP contribution >= 0.6 is 11.6 Å². The first kappa shape index (κ1) is 13.8. The van der Waals surface area contributed by atoms with E-state index < -0.39 is 5.91 Å². The Hall–Kier alpha value is -2.20. The first-order valence-electron chi connectivity index (χ1n) is 6.76. The smallest absolute Gasteiger partial charge is 0.250 e. The minimum absolute atomic E-state index is 0.454. The van der Waals surface area contributed by atoms with Crippen LogP contribution in [0.2, 0.25) is 5.02 Å². The van der Waals surface area contributed by atoms with Crippen molar-refractivity contribution in [3.05, 3.63) is 58.1 Å². The van der Waals surface area contributed by atoms with Crippen molar-refractivity contribution in [3.8, 4) is 0 Å². The molecule has 0 saturated carbocycles. The van der Waals surface area contributed by atoms with Crippen LogP contribution in [0.4, 0.5) is 11.4 Å². The molecule has 1 amide bonds. The molecule has 3 rings (SSSR count). The molecule has 0 aromatic heterocycles. The van der Waals surface area contributed by atoms with Gasteiger partial charge in [-0.25, -0.2) is 0 Å². The van der Waals surface area contributed by atoms with Crippen LogP contribution < -0.4 is 16.4 Å². The van der Waals surface area contributed by atoms with Gasteiger partial charge in [-0.15, -0.1) is 0 Å². The van der Waals surface area contributed by atoms with Gasteiger partial charge in [-0.05, 0) is 47.9 Å². The minimum atomic E-state index is -0.467. The molecule has 0 radical (unpaired) electrons. The van der Waals surface area contributed by atoms with Gasteiger partial charge in [0.15, 0.2) is 0 Å². The zero-order valence-corrected chi connectivity index (χ0v) is 12.2. The van der Waals surface area contributed by atoms with Gasteiger partial charge in [0, 0.05) is 29.5 Å². The Morgan fingerprint density at radius 3 is 2.71 bits per heavy atom. The van der Waals surface area contributed by atoms with Crippen LogP contribution in [0.5, 0.6) is 0 Å². The maximum atomic E-state index is 11.6. The highest BCUT2D eigenvalue weighted by molar-refractivity contribution is 6.31. The van der Waals surface area contributed by atoms with E-state index in [-0.39, 0.29) is 0 Å². The number of amides is 1. The standard InChI is InChI=1S/C16H16ClN3O/c17-12-2-4-15(14(8-12)16(19)21)20-6-5-10-1-3-13(18)7-11(10)9-20/h1-4,7-8H,5-6,9,18H2,(H2,19,21). The van der Waals surface area contributed by atoms with Gasteiger partial charge in [-0.3, -0.25) is 4.79 Å². The third-order valence-corrected chi connectivity index (χ3v) is 4.04. The normalized spacial score (nSPS) is 13.9. The predicted octanol–water partition coefficient (Wildman–Crippen LogP) is 2.58. The third-order valence-electron chi connectivity index (χ3n) is 3.81. The quantitative estimate of drug-likeness (QED) is 0.837. The second-order valence-electron chi connectivity index (χ2n) is 5.23. The van der Waals surface area contributed by atoms with Crippen LogP contribution in [0.15, 0.2) is 36.4 Å². The van der Waals surface area contributed by atoms with Crippen LogP contribution in [-0.2, 0) is 13.0 Å². The Kier molecular flexibility index (Phi) is 3.47. The van der Waals surface area contributed by atoms with Crippen molar-refractivity contribution in [2.45, 2.75) is 13.0 Å². The van der Waals surface area contributed by atoms with Crippen LogP contribution in [0.25, 0.3) is 0 Å². The van der Waals surface area contributed by atoms with Crippen LogP contribution in [0, 0.1) is 0 Å². The number of carbonyl (C=O) groups excluding carboxylic acids is 1. The van der Waals surface area contributed by atoms with Gasteiger partial charge in [-0.2, -0.15) is 0 Å². The number of rotatable bonds is 2. The van der Waals surface area contributed by atoms with E-state index in [1.54, 1.807) is 12.1 Å². The van der Waals surface area contributed by atoms with E-state index in [1.807, 2.05) is 18.2 Å². The highest BCUT2D eigenvalue weighted by Crippen LogP contribution is 2.29. The number of hydrogen-bond acceptors (Lipinski definition) is 3. The Balaban J connectivity index is 1.98. The van der Waals surface area contributed by atoms with Crippen molar-refractivity contribution in [3.63, 3.8) is 0 Å². The van der Waals surface area contributed by atoms with Crippen molar-refractivity contribution in [1.29, 1.82) is 0 Å². The number of fused-ring (bicyclic) bond motifs is 1. The van der Waals surface area contributed by atoms with Gasteiger partial charge in [0.2, 0.25) is 0 Å². The maximum Gasteiger partial charge on any atom is 0.250 e. The molecule has 0 unspecified atom stereocenters. The average Bonchev–Trinajstić information content (AvgIpc) is 2.46. The molecule has 4 nitrogen and oxygen atoms in total. The van der Waals surface area contributed by atoms with Gasteiger partial charge >= 0.3 is 0 Å². The summed E-state index contributed by atoms with van der Waals surface area (Å²) in [4.78, 5) is 13.8. The zero-order chi connectivity index (χ0) is 15.0. The summed E-state index contributed by atoms with van der Waals surface area (Å²) < 4.78 is 0. The summed E-state index contributed by atoms with van der Waals surface area (Å²) in [6.45, 7) is 1.54. The monoisotopic (exact) mass is 301 g/mol. The first-order valence-corrected chi connectivity index (χ1v) is 7.14. The molecular formula is C16H16ClN3O. The number of halogens is 1. The van der Waals surface area contributed by atoms with E-state index in [9.17, 15) is 4.79 Å². The molecule has 21 heavy (non-hydrogen) atoms. The lowest BCUT2D eigenvalue weighted by atomic mass is 9.98. The second-order valence-corrected chi connectivity index (χ2v) is 5.66. The van der Waals surface area contributed by atoms with E-state index in [1.165, 1.54) is 11.1 Å². The average molecular weight is 302 g/mol. The summed E-state index contributed by atoms with van der Waals surface area (Å²) in [6, 6.07) is 11.2. The van der Waals surface area contributed by atoms with Crippen molar-refractivity contribution in [2.75, 3.05) is 17.2 Å². The largest absolute Gasteiger partial charge is 0.399 e. The molecule has 0 aliphatic carbocycles. The van der Waals surface area contributed by atoms with Crippen molar-refractivity contribution in [2.24, 2.45) is 5.73 Å². The molecule has 2 aromatic carbocycles. The zero-order valence-electron chi connectivity index (χ0n) is 11.5. The Bertz CT molecular complexity index is 715. The van der Waals surface area contributed by atoms with E-state index >= 15 is 0 Å². The second kappa shape index (κ2) is 5.30. The topological polar surface area (TPSA) is 72.4 Å². The van der Waals surface area contributed by atoms with Gasteiger partial charge in [-0.1, -0.05) is 17.7 Å². The van der Waals surface area contributed by atoms with E-state index in [0.29, 0.717) is 17.1 Å².